The number of piperazine rings is 1. The fourth-order valence-electron chi connectivity index (χ4n) is 3.27. The minimum atomic E-state index is -4.24. The predicted molar refractivity (Wildman–Crippen MR) is 96.1 cm³/mol. The van der Waals surface area contributed by atoms with Crippen molar-refractivity contribution in [1.29, 1.82) is 0 Å². The topological polar surface area (TPSA) is 94.5 Å². The van der Waals surface area contributed by atoms with E-state index in [-0.39, 0.29) is 37.9 Å². The number of fused-ring (bicyclic) bond motifs is 1. The number of nitrogens with one attached hydrogen (secondary N) is 2. The molecule has 0 aliphatic carbocycles. The number of urea groups is 1. The van der Waals surface area contributed by atoms with Crippen LogP contribution in [-0.4, -0.2) is 71.2 Å². The van der Waals surface area contributed by atoms with Gasteiger partial charge in [0.2, 0.25) is 0 Å². The molecule has 1 aromatic heterocycles. The molecule has 2 N–H and O–H groups in total. The summed E-state index contributed by atoms with van der Waals surface area (Å²) in [5, 5.41) is 14.4. The van der Waals surface area contributed by atoms with E-state index in [2.05, 4.69) is 10.3 Å². The van der Waals surface area contributed by atoms with Crippen LogP contribution in [0.3, 0.4) is 0 Å². The fourth-order valence-corrected chi connectivity index (χ4v) is 3.27. The Kier molecular flexibility index (Phi) is 5.73. The fraction of sp³-hybridized carbons (Fsp3) is 0.471. The van der Waals surface area contributed by atoms with Crippen LogP contribution >= 0.6 is 0 Å². The number of H-pyrrole nitrogens is 1. The van der Waals surface area contributed by atoms with Gasteiger partial charge in [-0.1, -0.05) is 0 Å². The smallest absolute Gasteiger partial charge is 0.361 e. The van der Waals surface area contributed by atoms with Crippen molar-refractivity contribution in [2.75, 3.05) is 39.3 Å². The summed E-state index contributed by atoms with van der Waals surface area (Å²) in [7, 11) is 0. The van der Waals surface area contributed by atoms with Gasteiger partial charge in [0.15, 0.2) is 0 Å². The molecule has 1 aromatic carbocycles. The molecule has 0 spiro atoms. The summed E-state index contributed by atoms with van der Waals surface area (Å²) >= 11 is 0. The molecule has 1 aliphatic rings. The number of aromatic nitrogens is 1. The summed E-state index contributed by atoms with van der Waals surface area (Å²) in [6.07, 6.45) is -2.02. The predicted octanol–water partition coefficient (Wildman–Crippen LogP) is 2.51. The second-order valence-corrected chi connectivity index (χ2v) is 6.66. The van der Waals surface area contributed by atoms with Crippen LogP contribution in [0.5, 0.6) is 0 Å². The highest BCUT2D eigenvalue weighted by atomic mass is 19.4. The number of alkyl halides is 3. The van der Waals surface area contributed by atoms with Crippen molar-refractivity contribution in [1.82, 2.24) is 20.1 Å². The number of halogens is 3. The zero-order valence-electron chi connectivity index (χ0n) is 15.0. The van der Waals surface area contributed by atoms with Gasteiger partial charge < -0.3 is 15.2 Å². The van der Waals surface area contributed by atoms with Crippen LogP contribution < -0.4 is 5.32 Å². The quantitative estimate of drug-likeness (QED) is 0.597. The number of nitro groups is 1. The number of hydrogen-bond donors (Lipinski definition) is 2. The molecule has 0 radical (unpaired) electrons. The molecule has 8 nitrogen and oxygen atoms in total. The van der Waals surface area contributed by atoms with Crippen molar-refractivity contribution in [3.63, 3.8) is 0 Å². The maximum absolute atomic E-state index is 12.4. The maximum Gasteiger partial charge on any atom is 0.401 e. The van der Waals surface area contributed by atoms with Crippen LogP contribution in [0.25, 0.3) is 10.9 Å². The van der Waals surface area contributed by atoms with Gasteiger partial charge in [-0.15, -0.1) is 0 Å². The Morgan fingerprint density at radius 2 is 1.96 bits per heavy atom. The van der Waals surface area contributed by atoms with Crippen LogP contribution in [0.1, 0.15) is 5.56 Å². The van der Waals surface area contributed by atoms with Gasteiger partial charge in [0.1, 0.15) is 0 Å². The molecule has 0 unspecified atom stereocenters. The highest BCUT2D eigenvalue weighted by molar-refractivity contribution is 5.85. The number of benzene rings is 1. The number of hydrogen-bond acceptors (Lipinski definition) is 4. The first-order chi connectivity index (χ1) is 13.2. The molecule has 1 aliphatic heterocycles. The Morgan fingerprint density at radius 1 is 1.25 bits per heavy atom. The van der Waals surface area contributed by atoms with Crippen LogP contribution in [0, 0.1) is 10.1 Å². The minimum Gasteiger partial charge on any atom is -0.361 e. The number of rotatable bonds is 5. The second-order valence-electron chi connectivity index (χ2n) is 6.66. The van der Waals surface area contributed by atoms with Crippen LogP contribution in [0.4, 0.5) is 23.7 Å². The van der Waals surface area contributed by atoms with Crippen molar-refractivity contribution in [2.24, 2.45) is 0 Å². The Labute approximate surface area is 158 Å². The molecule has 0 bridgehead atoms. The van der Waals surface area contributed by atoms with Gasteiger partial charge in [-0.05, 0) is 18.1 Å². The zero-order chi connectivity index (χ0) is 20.3. The molecular weight excluding hydrogens is 379 g/mol. The lowest BCUT2D eigenvalue weighted by Crippen LogP contribution is -2.53. The third-order valence-corrected chi connectivity index (χ3v) is 4.69. The summed E-state index contributed by atoms with van der Waals surface area (Å²) in [5.74, 6) is 0. The molecule has 2 aromatic rings. The number of nitro benzene ring substituents is 1. The van der Waals surface area contributed by atoms with E-state index in [1.54, 1.807) is 12.3 Å². The van der Waals surface area contributed by atoms with E-state index in [1.807, 2.05) is 0 Å². The van der Waals surface area contributed by atoms with Crippen molar-refractivity contribution in [3.05, 3.63) is 40.1 Å². The van der Waals surface area contributed by atoms with Gasteiger partial charge in [0.05, 0.1) is 11.5 Å². The SMILES string of the molecule is O=C(NCCc1c[nH]c2ccc([N+](=O)[O-])cc12)N1CCN(CC(F)(F)F)CC1. The van der Waals surface area contributed by atoms with Crippen molar-refractivity contribution >= 4 is 22.6 Å². The second kappa shape index (κ2) is 8.05. The third kappa shape index (κ3) is 4.91. The summed E-state index contributed by atoms with van der Waals surface area (Å²) in [5.41, 5.74) is 1.61. The van der Waals surface area contributed by atoms with Crippen molar-refractivity contribution in [2.45, 2.75) is 12.6 Å². The molecule has 1 saturated heterocycles. The Balaban J connectivity index is 1.49. The highest BCUT2D eigenvalue weighted by Crippen LogP contribution is 2.24. The number of nitrogens with zero attached hydrogens (tertiary/aromatic N) is 3. The molecule has 2 amide bonds. The van der Waals surface area contributed by atoms with Crippen molar-refractivity contribution in [3.8, 4) is 0 Å². The molecule has 11 heteroatoms. The molecule has 3 rings (SSSR count). The zero-order valence-corrected chi connectivity index (χ0v) is 15.0. The molecule has 152 valence electrons. The van der Waals surface area contributed by atoms with Gasteiger partial charge >= 0.3 is 12.2 Å². The van der Waals surface area contributed by atoms with E-state index < -0.39 is 17.6 Å². The number of carbonyl (C=O) groups excluding carboxylic acids is 1. The van der Waals surface area contributed by atoms with Crippen LogP contribution in [0.15, 0.2) is 24.4 Å². The standard InChI is InChI=1S/C17H20F3N5O3/c18-17(19,20)11-23-5-7-24(8-6-23)16(26)21-4-3-12-10-22-15-2-1-13(25(27)28)9-14(12)15/h1-2,9-10,22H,3-8,11H2,(H,21,26). The highest BCUT2D eigenvalue weighted by Gasteiger charge is 2.32. The lowest BCUT2D eigenvalue weighted by Gasteiger charge is -2.34. The minimum absolute atomic E-state index is 0.00545. The largest absolute Gasteiger partial charge is 0.401 e. The molecule has 0 atom stereocenters. The first-order valence-electron chi connectivity index (χ1n) is 8.79. The molecule has 28 heavy (non-hydrogen) atoms. The summed E-state index contributed by atoms with van der Waals surface area (Å²) in [4.78, 5) is 28.5. The van der Waals surface area contributed by atoms with E-state index in [0.29, 0.717) is 13.0 Å². The molecule has 2 heterocycles. The Bertz CT molecular complexity index is 859. The lowest BCUT2D eigenvalue weighted by atomic mass is 10.1. The number of amides is 2. The van der Waals surface area contributed by atoms with E-state index in [1.165, 1.54) is 21.9 Å². The van der Waals surface area contributed by atoms with E-state index in [4.69, 9.17) is 0 Å². The summed E-state index contributed by atoms with van der Waals surface area (Å²) < 4.78 is 37.2. The normalized spacial score (nSPS) is 15.8. The van der Waals surface area contributed by atoms with Crippen LogP contribution in [-0.2, 0) is 6.42 Å². The monoisotopic (exact) mass is 399 g/mol. The van der Waals surface area contributed by atoms with Gasteiger partial charge in [-0.3, -0.25) is 15.0 Å². The van der Waals surface area contributed by atoms with Gasteiger partial charge in [0, 0.05) is 62.0 Å². The molecule has 0 saturated carbocycles. The average Bonchev–Trinajstić information content (AvgIpc) is 3.03. The van der Waals surface area contributed by atoms with Crippen molar-refractivity contribution < 1.29 is 22.9 Å². The lowest BCUT2D eigenvalue weighted by molar-refractivity contribution is -0.384. The molecule has 1 fully saturated rings. The number of non-ortho nitro benzene ring substituents is 1. The number of carbonyl (C=O) groups is 1. The van der Waals surface area contributed by atoms with Gasteiger partial charge in [-0.25, -0.2) is 4.79 Å². The molecular formula is C17H20F3N5O3. The van der Waals surface area contributed by atoms with E-state index >= 15 is 0 Å². The van der Waals surface area contributed by atoms with E-state index in [0.717, 1.165) is 16.5 Å². The number of aromatic amines is 1. The van der Waals surface area contributed by atoms with Crippen LogP contribution in [0.2, 0.25) is 0 Å². The third-order valence-electron chi connectivity index (χ3n) is 4.69. The Morgan fingerprint density at radius 3 is 2.61 bits per heavy atom. The maximum atomic E-state index is 12.4. The first kappa shape index (κ1) is 19.9. The van der Waals surface area contributed by atoms with E-state index in [9.17, 15) is 28.1 Å². The summed E-state index contributed by atoms with van der Waals surface area (Å²) in [6.45, 7) is 0.187. The van der Waals surface area contributed by atoms with Gasteiger partial charge in [-0.2, -0.15) is 13.2 Å². The van der Waals surface area contributed by atoms with Gasteiger partial charge in [0.25, 0.3) is 5.69 Å². The Hall–Kier alpha value is -2.82. The first-order valence-corrected chi connectivity index (χ1v) is 8.79. The average molecular weight is 399 g/mol. The summed E-state index contributed by atoms with van der Waals surface area (Å²) in [6, 6.07) is 4.22.